The van der Waals surface area contributed by atoms with Crippen LogP contribution < -0.4 is 5.73 Å². The number of hydrogen-bond acceptors (Lipinski definition) is 4. The average molecular weight is 195 g/mol. The second kappa shape index (κ2) is 4.62. The zero-order valence-corrected chi connectivity index (χ0v) is 7.73. The summed E-state index contributed by atoms with van der Waals surface area (Å²) in [5.41, 5.74) is 5.95. The summed E-state index contributed by atoms with van der Waals surface area (Å²) < 4.78 is 0. The second-order valence-electron chi connectivity index (χ2n) is 2.99. The fourth-order valence-electron chi connectivity index (χ4n) is 1.17. The molecule has 1 aromatic rings. The number of Topliss-reactive ketones (excluding diaryl/α,β-unsaturated/α-hetero) is 1. The summed E-state index contributed by atoms with van der Waals surface area (Å²) in [7, 11) is 0. The van der Waals surface area contributed by atoms with E-state index in [4.69, 9.17) is 10.8 Å². The van der Waals surface area contributed by atoms with Crippen LogP contribution in [0, 0.1) is 0 Å². The molecular weight excluding hydrogens is 182 g/mol. The van der Waals surface area contributed by atoms with Crippen LogP contribution in [0.15, 0.2) is 18.2 Å². The molecule has 0 aromatic heterocycles. The maximum atomic E-state index is 11.5. The summed E-state index contributed by atoms with van der Waals surface area (Å²) in [6.07, 6.45) is 0.651. The predicted octanol–water partition coefficient (Wildman–Crippen LogP) is 0.930. The standard InChI is InChI=1S/C10H13NO3/c11-10-7(3-1-4-9(10)14)8(13)5-2-6-12/h1,3-4,12,14H,2,5-6,11H2. The first-order chi connectivity index (χ1) is 6.66. The van der Waals surface area contributed by atoms with Crippen molar-refractivity contribution in [2.24, 2.45) is 0 Å². The number of nitrogen functional groups attached to an aromatic ring is 1. The molecular formula is C10H13NO3. The average Bonchev–Trinajstić information content (AvgIpc) is 2.18. The van der Waals surface area contributed by atoms with Gasteiger partial charge in [-0.1, -0.05) is 6.07 Å². The minimum Gasteiger partial charge on any atom is -0.506 e. The molecule has 76 valence electrons. The molecule has 0 saturated carbocycles. The number of carbonyl (C=O) groups excluding carboxylic acids is 1. The van der Waals surface area contributed by atoms with Crippen LogP contribution in [0.2, 0.25) is 0 Å². The minimum absolute atomic E-state index is 0.0234. The second-order valence-corrected chi connectivity index (χ2v) is 2.99. The van der Waals surface area contributed by atoms with Gasteiger partial charge in [-0.25, -0.2) is 0 Å². The molecule has 4 N–H and O–H groups in total. The van der Waals surface area contributed by atoms with E-state index in [0.29, 0.717) is 12.0 Å². The molecule has 0 aliphatic rings. The van der Waals surface area contributed by atoms with E-state index in [9.17, 15) is 9.90 Å². The Morgan fingerprint density at radius 3 is 2.79 bits per heavy atom. The van der Waals surface area contributed by atoms with Gasteiger partial charge in [-0.2, -0.15) is 0 Å². The highest BCUT2D eigenvalue weighted by atomic mass is 16.3. The Labute approximate surface area is 82.0 Å². The molecule has 0 radical (unpaired) electrons. The van der Waals surface area contributed by atoms with Crippen molar-refractivity contribution >= 4 is 11.5 Å². The van der Waals surface area contributed by atoms with Gasteiger partial charge in [-0.05, 0) is 18.6 Å². The van der Waals surface area contributed by atoms with Gasteiger partial charge in [0.2, 0.25) is 0 Å². The Kier molecular flexibility index (Phi) is 3.48. The fourth-order valence-corrected chi connectivity index (χ4v) is 1.17. The van der Waals surface area contributed by atoms with Crippen molar-refractivity contribution in [3.63, 3.8) is 0 Å². The number of carbonyl (C=O) groups is 1. The molecule has 0 fully saturated rings. The van der Waals surface area contributed by atoms with Gasteiger partial charge >= 0.3 is 0 Å². The number of para-hydroxylation sites is 1. The Balaban J connectivity index is 2.84. The van der Waals surface area contributed by atoms with Gasteiger partial charge in [0, 0.05) is 18.6 Å². The molecule has 0 amide bonds. The Hall–Kier alpha value is -1.55. The van der Waals surface area contributed by atoms with Gasteiger partial charge in [0.05, 0.1) is 5.69 Å². The molecule has 0 saturated heterocycles. The topological polar surface area (TPSA) is 83.5 Å². The van der Waals surface area contributed by atoms with Gasteiger partial charge in [-0.3, -0.25) is 4.79 Å². The molecule has 14 heavy (non-hydrogen) atoms. The zero-order chi connectivity index (χ0) is 10.6. The molecule has 0 aliphatic carbocycles. The van der Waals surface area contributed by atoms with Gasteiger partial charge in [0.15, 0.2) is 5.78 Å². The van der Waals surface area contributed by atoms with E-state index in [2.05, 4.69) is 0 Å². The molecule has 0 bridgehead atoms. The number of anilines is 1. The summed E-state index contributed by atoms with van der Waals surface area (Å²) >= 11 is 0. The SMILES string of the molecule is Nc1c(O)cccc1C(=O)CCCO. The van der Waals surface area contributed by atoms with E-state index in [1.54, 1.807) is 12.1 Å². The van der Waals surface area contributed by atoms with Crippen molar-refractivity contribution in [3.8, 4) is 5.75 Å². The van der Waals surface area contributed by atoms with Gasteiger partial charge in [0.25, 0.3) is 0 Å². The summed E-state index contributed by atoms with van der Waals surface area (Å²) in [4.78, 5) is 11.5. The summed E-state index contributed by atoms with van der Waals surface area (Å²) in [6.45, 7) is -0.0234. The number of nitrogens with two attached hydrogens (primary N) is 1. The lowest BCUT2D eigenvalue weighted by atomic mass is 10.0. The third-order valence-electron chi connectivity index (χ3n) is 1.95. The van der Waals surface area contributed by atoms with E-state index in [0.717, 1.165) is 0 Å². The van der Waals surface area contributed by atoms with E-state index >= 15 is 0 Å². The third kappa shape index (κ3) is 2.23. The van der Waals surface area contributed by atoms with E-state index in [1.807, 2.05) is 0 Å². The maximum Gasteiger partial charge on any atom is 0.165 e. The number of benzene rings is 1. The van der Waals surface area contributed by atoms with Crippen molar-refractivity contribution in [3.05, 3.63) is 23.8 Å². The largest absolute Gasteiger partial charge is 0.506 e. The van der Waals surface area contributed by atoms with Crippen molar-refractivity contribution < 1.29 is 15.0 Å². The Bertz CT molecular complexity index is 336. The highest BCUT2D eigenvalue weighted by Crippen LogP contribution is 2.24. The van der Waals surface area contributed by atoms with Gasteiger partial charge in [0.1, 0.15) is 5.75 Å². The number of aromatic hydroxyl groups is 1. The van der Waals surface area contributed by atoms with Gasteiger partial charge < -0.3 is 15.9 Å². The van der Waals surface area contributed by atoms with E-state index < -0.39 is 0 Å². The van der Waals surface area contributed by atoms with Crippen LogP contribution in [0.3, 0.4) is 0 Å². The first kappa shape index (κ1) is 10.5. The molecule has 1 aromatic carbocycles. The molecule has 1 rings (SSSR count). The number of phenols is 1. The minimum atomic E-state index is -0.160. The van der Waals surface area contributed by atoms with Crippen LogP contribution in [-0.2, 0) is 0 Å². The quantitative estimate of drug-likeness (QED) is 0.379. The molecule has 0 aliphatic heterocycles. The molecule has 0 heterocycles. The van der Waals surface area contributed by atoms with Crippen LogP contribution in [0.5, 0.6) is 5.75 Å². The van der Waals surface area contributed by atoms with E-state index in [-0.39, 0.29) is 30.2 Å². The van der Waals surface area contributed by atoms with Crippen molar-refractivity contribution in [2.75, 3.05) is 12.3 Å². The number of aliphatic hydroxyl groups is 1. The van der Waals surface area contributed by atoms with E-state index in [1.165, 1.54) is 6.07 Å². The number of ketones is 1. The molecule has 0 atom stereocenters. The first-order valence-electron chi connectivity index (χ1n) is 4.38. The van der Waals surface area contributed by atoms with Crippen LogP contribution in [-0.4, -0.2) is 22.6 Å². The normalized spacial score (nSPS) is 10.1. The fraction of sp³-hybridized carbons (Fsp3) is 0.300. The zero-order valence-electron chi connectivity index (χ0n) is 7.73. The van der Waals surface area contributed by atoms with Gasteiger partial charge in [-0.15, -0.1) is 0 Å². The highest BCUT2D eigenvalue weighted by molar-refractivity contribution is 6.01. The van der Waals surface area contributed by atoms with Crippen molar-refractivity contribution in [1.29, 1.82) is 0 Å². The number of hydrogen-bond donors (Lipinski definition) is 3. The Morgan fingerprint density at radius 1 is 1.43 bits per heavy atom. The lowest BCUT2D eigenvalue weighted by Gasteiger charge is -2.05. The van der Waals surface area contributed by atoms with Crippen LogP contribution in [0.25, 0.3) is 0 Å². The van der Waals surface area contributed by atoms with Crippen molar-refractivity contribution in [2.45, 2.75) is 12.8 Å². The third-order valence-corrected chi connectivity index (χ3v) is 1.95. The summed E-state index contributed by atoms with van der Waals surface area (Å²) in [5.74, 6) is -0.243. The van der Waals surface area contributed by atoms with Crippen LogP contribution >= 0.6 is 0 Å². The number of rotatable bonds is 4. The Morgan fingerprint density at radius 2 is 2.14 bits per heavy atom. The lowest BCUT2D eigenvalue weighted by Crippen LogP contribution is -2.04. The number of phenolic OH excluding ortho intramolecular Hbond substituents is 1. The monoisotopic (exact) mass is 195 g/mol. The molecule has 4 nitrogen and oxygen atoms in total. The highest BCUT2D eigenvalue weighted by Gasteiger charge is 2.11. The molecule has 0 spiro atoms. The smallest absolute Gasteiger partial charge is 0.165 e. The summed E-state index contributed by atoms with van der Waals surface area (Å²) in [6, 6.07) is 4.56. The number of aliphatic hydroxyl groups excluding tert-OH is 1. The van der Waals surface area contributed by atoms with Crippen LogP contribution in [0.1, 0.15) is 23.2 Å². The summed E-state index contributed by atoms with van der Waals surface area (Å²) in [5, 5.41) is 17.8. The van der Waals surface area contributed by atoms with Crippen molar-refractivity contribution in [1.82, 2.24) is 0 Å². The maximum absolute atomic E-state index is 11.5. The lowest BCUT2D eigenvalue weighted by molar-refractivity contribution is 0.0972. The first-order valence-corrected chi connectivity index (χ1v) is 4.38. The molecule has 0 unspecified atom stereocenters. The van der Waals surface area contributed by atoms with Crippen LogP contribution in [0.4, 0.5) is 5.69 Å². The predicted molar refractivity (Wildman–Crippen MR) is 53.2 cm³/mol. The molecule has 4 heteroatoms.